The Morgan fingerprint density at radius 3 is 2.35 bits per heavy atom. The van der Waals surface area contributed by atoms with E-state index in [-0.39, 0.29) is 23.3 Å². The van der Waals surface area contributed by atoms with E-state index in [0.29, 0.717) is 16.7 Å². The first kappa shape index (κ1) is 21.6. The van der Waals surface area contributed by atoms with Crippen LogP contribution in [0.1, 0.15) is 22.8 Å². The normalized spacial score (nSPS) is 11.5. The van der Waals surface area contributed by atoms with Crippen molar-refractivity contribution >= 4 is 28.8 Å². The summed E-state index contributed by atoms with van der Waals surface area (Å²) in [5, 5.41) is 3.16. The third kappa shape index (κ3) is 5.27. The lowest BCUT2D eigenvalue weighted by Crippen LogP contribution is -2.46. The number of fused-ring (bicyclic) bond motifs is 1. The summed E-state index contributed by atoms with van der Waals surface area (Å²) in [6, 6.07) is 10.9. The second-order valence-electron chi connectivity index (χ2n) is 6.70. The predicted molar refractivity (Wildman–Crippen MR) is 111 cm³/mol. The molecule has 0 spiro atoms. The minimum atomic E-state index is -1.08. The highest BCUT2D eigenvalue weighted by Crippen LogP contribution is 2.23. The molecule has 3 N–H and O–H groups in total. The standard InChI is InChI=1S/C22H20N2O7/c1-12(25)30-15-5-3-13(4-6-15)22(28)24-18(21(23)27)9-14-10-20(26)31-19-11-16(29-2)7-8-17(14)19/h3-8,10-11,18H,9H2,1-2H3,(H2,23,27)(H,24,28)/t18-/m0/s1. The van der Waals surface area contributed by atoms with Crippen molar-refractivity contribution in [1.29, 1.82) is 0 Å². The maximum absolute atomic E-state index is 12.6. The Bertz CT molecular complexity index is 1200. The summed E-state index contributed by atoms with van der Waals surface area (Å²) in [5.74, 6) is -1.01. The van der Waals surface area contributed by atoms with Gasteiger partial charge in [0, 0.05) is 36.4 Å². The van der Waals surface area contributed by atoms with Gasteiger partial charge in [0.15, 0.2) is 0 Å². The molecule has 9 heteroatoms. The number of methoxy groups -OCH3 is 1. The Morgan fingerprint density at radius 2 is 1.74 bits per heavy atom. The van der Waals surface area contributed by atoms with E-state index in [1.807, 2.05) is 0 Å². The smallest absolute Gasteiger partial charge is 0.336 e. The van der Waals surface area contributed by atoms with Crippen molar-refractivity contribution in [3.8, 4) is 11.5 Å². The number of hydrogen-bond acceptors (Lipinski definition) is 7. The molecule has 1 heterocycles. The highest BCUT2D eigenvalue weighted by molar-refractivity contribution is 5.97. The average molecular weight is 424 g/mol. The predicted octanol–water partition coefficient (Wildman–Crippen LogP) is 1.55. The van der Waals surface area contributed by atoms with Crippen molar-refractivity contribution in [2.45, 2.75) is 19.4 Å². The average Bonchev–Trinajstić information content (AvgIpc) is 2.72. The van der Waals surface area contributed by atoms with E-state index < -0.39 is 29.5 Å². The summed E-state index contributed by atoms with van der Waals surface area (Å²) >= 11 is 0. The monoisotopic (exact) mass is 424 g/mol. The minimum absolute atomic E-state index is 0.0129. The third-order valence-electron chi connectivity index (χ3n) is 4.49. The van der Waals surface area contributed by atoms with Gasteiger partial charge in [-0.2, -0.15) is 0 Å². The van der Waals surface area contributed by atoms with Gasteiger partial charge in [0.05, 0.1) is 7.11 Å². The largest absolute Gasteiger partial charge is 0.497 e. The molecule has 3 aromatic rings. The molecule has 0 saturated heterocycles. The van der Waals surface area contributed by atoms with Gasteiger partial charge in [0.25, 0.3) is 5.91 Å². The molecule has 2 amide bonds. The van der Waals surface area contributed by atoms with Crippen molar-refractivity contribution in [2.24, 2.45) is 5.73 Å². The molecule has 0 radical (unpaired) electrons. The first-order chi connectivity index (χ1) is 14.8. The number of hydrogen-bond donors (Lipinski definition) is 2. The van der Waals surface area contributed by atoms with E-state index in [1.54, 1.807) is 18.2 Å². The van der Waals surface area contributed by atoms with E-state index in [1.165, 1.54) is 44.4 Å². The lowest BCUT2D eigenvalue weighted by atomic mass is 10.0. The van der Waals surface area contributed by atoms with Crippen molar-refractivity contribution in [1.82, 2.24) is 5.32 Å². The van der Waals surface area contributed by atoms with Crippen LogP contribution in [0.4, 0.5) is 0 Å². The summed E-state index contributed by atoms with van der Waals surface area (Å²) in [5.41, 5.74) is 5.90. The molecule has 3 rings (SSSR count). The van der Waals surface area contributed by atoms with Crippen LogP contribution >= 0.6 is 0 Å². The zero-order chi connectivity index (χ0) is 22.5. The van der Waals surface area contributed by atoms with Crippen LogP contribution in [-0.2, 0) is 16.0 Å². The van der Waals surface area contributed by atoms with E-state index in [4.69, 9.17) is 19.6 Å². The van der Waals surface area contributed by atoms with Crippen LogP contribution in [0.2, 0.25) is 0 Å². The molecule has 160 valence electrons. The number of rotatable bonds is 7. The molecular weight excluding hydrogens is 404 g/mol. The number of nitrogens with one attached hydrogen (secondary N) is 1. The maximum Gasteiger partial charge on any atom is 0.336 e. The van der Waals surface area contributed by atoms with Crippen molar-refractivity contribution in [3.63, 3.8) is 0 Å². The van der Waals surface area contributed by atoms with E-state index in [0.717, 1.165) is 0 Å². The molecule has 1 aromatic heterocycles. The van der Waals surface area contributed by atoms with Crippen molar-refractivity contribution < 1.29 is 28.3 Å². The Balaban J connectivity index is 1.83. The van der Waals surface area contributed by atoms with Gasteiger partial charge in [-0.05, 0) is 42.0 Å². The van der Waals surface area contributed by atoms with Crippen LogP contribution in [0.15, 0.2) is 57.7 Å². The highest BCUT2D eigenvalue weighted by Gasteiger charge is 2.21. The zero-order valence-corrected chi connectivity index (χ0v) is 16.8. The summed E-state index contributed by atoms with van der Waals surface area (Å²) in [7, 11) is 1.49. The zero-order valence-electron chi connectivity index (χ0n) is 16.8. The highest BCUT2D eigenvalue weighted by atomic mass is 16.5. The number of benzene rings is 2. The second kappa shape index (κ2) is 9.12. The van der Waals surface area contributed by atoms with Crippen LogP contribution in [0.3, 0.4) is 0 Å². The molecule has 0 aliphatic rings. The van der Waals surface area contributed by atoms with Crippen LogP contribution in [0.25, 0.3) is 11.0 Å². The van der Waals surface area contributed by atoms with Crippen molar-refractivity contribution in [2.75, 3.05) is 7.11 Å². The molecule has 1 atom stereocenters. The molecule has 0 saturated carbocycles. The fourth-order valence-corrected chi connectivity index (χ4v) is 3.03. The van der Waals surface area contributed by atoms with Crippen LogP contribution in [0.5, 0.6) is 11.5 Å². The number of ether oxygens (including phenoxy) is 2. The van der Waals surface area contributed by atoms with Crippen LogP contribution in [0, 0.1) is 0 Å². The van der Waals surface area contributed by atoms with Gasteiger partial charge in [-0.25, -0.2) is 4.79 Å². The molecule has 9 nitrogen and oxygen atoms in total. The summed E-state index contributed by atoms with van der Waals surface area (Å²) in [6.07, 6.45) is -0.0129. The number of carbonyl (C=O) groups is 3. The van der Waals surface area contributed by atoms with Gasteiger partial charge < -0.3 is 24.9 Å². The minimum Gasteiger partial charge on any atom is -0.497 e. The maximum atomic E-state index is 12.6. The Hall–Kier alpha value is -4.14. The molecular formula is C22H20N2O7. The Labute approximate surface area is 176 Å². The lowest BCUT2D eigenvalue weighted by Gasteiger charge is -2.17. The first-order valence-electron chi connectivity index (χ1n) is 9.26. The lowest BCUT2D eigenvalue weighted by molar-refractivity contribution is -0.131. The summed E-state index contributed by atoms with van der Waals surface area (Å²) < 4.78 is 15.3. The van der Waals surface area contributed by atoms with Crippen molar-refractivity contribution in [3.05, 3.63) is 70.1 Å². The van der Waals surface area contributed by atoms with Gasteiger partial charge in [-0.15, -0.1) is 0 Å². The fourth-order valence-electron chi connectivity index (χ4n) is 3.03. The second-order valence-corrected chi connectivity index (χ2v) is 6.70. The molecule has 0 fully saturated rings. The van der Waals surface area contributed by atoms with Crippen LogP contribution < -0.4 is 26.1 Å². The molecule has 2 aromatic carbocycles. The van der Waals surface area contributed by atoms with Gasteiger partial charge >= 0.3 is 11.6 Å². The molecule has 0 aliphatic carbocycles. The van der Waals surface area contributed by atoms with E-state index in [2.05, 4.69) is 5.32 Å². The van der Waals surface area contributed by atoms with Gasteiger partial charge in [-0.3, -0.25) is 14.4 Å². The molecule has 0 aliphatic heterocycles. The number of nitrogens with two attached hydrogens (primary N) is 1. The number of esters is 1. The van der Waals surface area contributed by atoms with Gasteiger partial charge in [0.1, 0.15) is 23.1 Å². The van der Waals surface area contributed by atoms with Gasteiger partial charge in [0.2, 0.25) is 5.91 Å². The molecule has 0 bridgehead atoms. The first-order valence-corrected chi connectivity index (χ1v) is 9.26. The molecule has 31 heavy (non-hydrogen) atoms. The van der Waals surface area contributed by atoms with Crippen LogP contribution in [-0.4, -0.2) is 30.9 Å². The van der Waals surface area contributed by atoms with Gasteiger partial charge in [-0.1, -0.05) is 0 Å². The third-order valence-corrected chi connectivity index (χ3v) is 4.49. The Morgan fingerprint density at radius 1 is 1.06 bits per heavy atom. The number of primary amides is 1. The number of carbonyl (C=O) groups excluding carboxylic acids is 3. The Kier molecular flexibility index (Phi) is 6.35. The SMILES string of the molecule is COc1ccc2c(C[C@H](NC(=O)c3ccc(OC(C)=O)cc3)C(N)=O)cc(=O)oc2c1. The molecule has 0 unspecified atom stereocenters. The van der Waals surface area contributed by atoms with E-state index >= 15 is 0 Å². The fraction of sp³-hybridized carbons (Fsp3) is 0.182. The topological polar surface area (TPSA) is 138 Å². The quantitative estimate of drug-likeness (QED) is 0.333. The van der Waals surface area contributed by atoms with E-state index in [9.17, 15) is 19.2 Å². The summed E-state index contributed by atoms with van der Waals surface area (Å²) in [6.45, 7) is 1.27. The summed E-state index contributed by atoms with van der Waals surface area (Å²) in [4.78, 5) is 47.5. The number of amides is 2.